The number of fused-ring (bicyclic) bond motifs is 3. The average Bonchev–Trinajstić information content (AvgIpc) is 3.25. The standard InChI is InChI=1S/C18H18N6OS/c1-3-13(15(19)25)20-18-21-14-7-5-4-6-12(14)17-22-16(23-24(17)18)11-8-9-26-10(11)2/h4-9,13H,3H2,1-2H3,(H2,19,25)(H,20,21)/t13-/m1/s1. The van der Waals surface area contributed by atoms with Gasteiger partial charge < -0.3 is 11.1 Å². The van der Waals surface area contributed by atoms with Crippen LogP contribution in [0.2, 0.25) is 0 Å². The second-order valence-corrected chi connectivity index (χ2v) is 7.14. The number of rotatable bonds is 5. The summed E-state index contributed by atoms with van der Waals surface area (Å²) in [6.45, 7) is 3.93. The fraction of sp³-hybridized carbons (Fsp3) is 0.222. The Balaban J connectivity index is 1.96. The van der Waals surface area contributed by atoms with E-state index in [1.54, 1.807) is 15.9 Å². The van der Waals surface area contributed by atoms with Crippen LogP contribution in [0.25, 0.3) is 27.9 Å². The molecule has 0 radical (unpaired) electrons. The lowest BCUT2D eigenvalue weighted by Crippen LogP contribution is -2.35. The van der Waals surface area contributed by atoms with Crippen molar-refractivity contribution < 1.29 is 4.79 Å². The molecule has 132 valence electrons. The zero-order valence-corrected chi connectivity index (χ0v) is 15.2. The third-order valence-electron chi connectivity index (χ3n) is 4.33. The molecule has 3 heterocycles. The number of hydrogen-bond acceptors (Lipinski definition) is 6. The highest BCUT2D eigenvalue weighted by Crippen LogP contribution is 2.28. The molecule has 0 saturated heterocycles. The predicted molar refractivity (Wildman–Crippen MR) is 103 cm³/mol. The van der Waals surface area contributed by atoms with E-state index in [0.717, 1.165) is 21.3 Å². The molecule has 0 aliphatic rings. The van der Waals surface area contributed by atoms with Gasteiger partial charge in [0, 0.05) is 15.8 Å². The molecule has 4 rings (SSSR count). The normalized spacial score (nSPS) is 12.5. The maximum absolute atomic E-state index is 11.7. The number of amides is 1. The van der Waals surface area contributed by atoms with Gasteiger partial charge in [0.25, 0.3) is 0 Å². The summed E-state index contributed by atoms with van der Waals surface area (Å²) in [6.07, 6.45) is 0.552. The van der Waals surface area contributed by atoms with Gasteiger partial charge in [-0.15, -0.1) is 16.4 Å². The zero-order valence-electron chi connectivity index (χ0n) is 14.4. The van der Waals surface area contributed by atoms with Crippen LogP contribution in [0.5, 0.6) is 0 Å². The first-order chi connectivity index (χ1) is 12.6. The molecular weight excluding hydrogens is 348 g/mol. The fourth-order valence-corrected chi connectivity index (χ4v) is 3.60. The quantitative estimate of drug-likeness (QED) is 0.566. The van der Waals surface area contributed by atoms with Gasteiger partial charge in [-0.25, -0.2) is 9.97 Å². The van der Waals surface area contributed by atoms with E-state index in [2.05, 4.69) is 15.4 Å². The van der Waals surface area contributed by atoms with Crippen LogP contribution in [0.15, 0.2) is 35.7 Å². The van der Waals surface area contributed by atoms with Crippen LogP contribution in [0.3, 0.4) is 0 Å². The third-order valence-corrected chi connectivity index (χ3v) is 5.18. The number of benzene rings is 1. The fourth-order valence-electron chi connectivity index (χ4n) is 2.91. The number of nitrogens with two attached hydrogens (primary N) is 1. The van der Waals surface area contributed by atoms with Gasteiger partial charge in [0.2, 0.25) is 11.9 Å². The number of nitrogens with zero attached hydrogens (tertiary/aromatic N) is 4. The number of nitrogens with one attached hydrogen (secondary N) is 1. The molecule has 0 aliphatic carbocycles. The molecule has 1 amide bonds. The van der Waals surface area contributed by atoms with Crippen LogP contribution in [0.4, 0.5) is 5.95 Å². The van der Waals surface area contributed by atoms with E-state index >= 15 is 0 Å². The van der Waals surface area contributed by atoms with Gasteiger partial charge in [-0.2, -0.15) is 4.52 Å². The third kappa shape index (κ3) is 2.68. The summed E-state index contributed by atoms with van der Waals surface area (Å²) in [5, 5.41) is 10.7. The number of carbonyl (C=O) groups excluding carboxylic acids is 1. The number of hydrogen-bond donors (Lipinski definition) is 2. The molecule has 4 aromatic rings. The number of carbonyl (C=O) groups is 1. The lowest BCUT2D eigenvalue weighted by molar-refractivity contribution is -0.118. The second-order valence-electron chi connectivity index (χ2n) is 6.02. The Bertz CT molecular complexity index is 1120. The summed E-state index contributed by atoms with van der Waals surface area (Å²) in [7, 11) is 0. The highest BCUT2D eigenvalue weighted by Gasteiger charge is 2.19. The number of thiophene rings is 1. The summed E-state index contributed by atoms with van der Waals surface area (Å²) in [4.78, 5) is 22.2. The number of anilines is 1. The van der Waals surface area contributed by atoms with Crippen LogP contribution in [0.1, 0.15) is 18.2 Å². The predicted octanol–water partition coefficient (Wildman–Crippen LogP) is 2.99. The summed E-state index contributed by atoms with van der Waals surface area (Å²) < 4.78 is 1.65. The Kier molecular flexibility index (Phi) is 4.04. The van der Waals surface area contributed by atoms with Crippen LogP contribution in [-0.2, 0) is 4.79 Å². The molecule has 0 spiro atoms. The first-order valence-electron chi connectivity index (χ1n) is 8.34. The summed E-state index contributed by atoms with van der Waals surface area (Å²) in [6, 6.07) is 9.22. The Morgan fingerprint density at radius 1 is 1.31 bits per heavy atom. The molecule has 8 heteroatoms. The van der Waals surface area contributed by atoms with Gasteiger partial charge in [0.1, 0.15) is 6.04 Å². The van der Waals surface area contributed by atoms with E-state index in [9.17, 15) is 4.79 Å². The van der Waals surface area contributed by atoms with Gasteiger partial charge in [0.15, 0.2) is 11.5 Å². The molecule has 26 heavy (non-hydrogen) atoms. The van der Waals surface area contributed by atoms with Crippen molar-refractivity contribution in [3.63, 3.8) is 0 Å². The SMILES string of the molecule is CC[C@@H](Nc1nc2ccccc2c2nc(-c3ccsc3C)nn12)C(N)=O. The van der Waals surface area contributed by atoms with Crippen molar-refractivity contribution in [3.8, 4) is 11.4 Å². The van der Waals surface area contributed by atoms with Crippen LogP contribution in [0, 0.1) is 6.92 Å². The van der Waals surface area contributed by atoms with E-state index in [1.807, 2.05) is 49.6 Å². The van der Waals surface area contributed by atoms with E-state index < -0.39 is 11.9 Å². The first kappa shape index (κ1) is 16.5. The topological polar surface area (TPSA) is 98.2 Å². The Hall–Kier alpha value is -3.00. The highest BCUT2D eigenvalue weighted by molar-refractivity contribution is 7.10. The molecule has 3 aromatic heterocycles. The molecule has 0 saturated carbocycles. The van der Waals surface area contributed by atoms with Crippen molar-refractivity contribution in [1.29, 1.82) is 0 Å². The molecule has 0 fully saturated rings. The maximum Gasteiger partial charge on any atom is 0.239 e. The average molecular weight is 366 g/mol. The van der Waals surface area contributed by atoms with Crippen molar-refractivity contribution in [1.82, 2.24) is 19.6 Å². The molecule has 1 aromatic carbocycles. The largest absolute Gasteiger partial charge is 0.368 e. The van der Waals surface area contributed by atoms with E-state index in [4.69, 9.17) is 10.7 Å². The number of primary amides is 1. The molecule has 0 aliphatic heterocycles. The van der Waals surface area contributed by atoms with E-state index in [-0.39, 0.29) is 0 Å². The van der Waals surface area contributed by atoms with Gasteiger partial charge in [0.05, 0.1) is 5.52 Å². The van der Waals surface area contributed by atoms with Crippen LogP contribution < -0.4 is 11.1 Å². The van der Waals surface area contributed by atoms with Gasteiger partial charge in [-0.1, -0.05) is 19.1 Å². The lowest BCUT2D eigenvalue weighted by Gasteiger charge is -2.15. The zero-order chi connectivity index (χ0) is 18.3. The smallest absolute Gasteiger partial charge is 0.239 e. The highest BCUT2D eigenvalue weighted by atomic mass is 32.1. The number of aryl methyl sites for hydroxylation is 1. The summed E-state index contributed by atoms with van der Waals surface area (Å²) >= 11 is 1.65. The first-order valence-corrected chi connectivity index (χ1v) is 9.22. The molecule has 0 bridgehead atoms. The second kappa shape index (κ2) is 6.38. The van der Waals surface area contributed by atoms with Crippen LogP contribution in [-0.4, -0.2) is 31.5 Å². The van der Waals surface area contributed by atoms with Gasteiger partial charge in [-0.05, 0) is 36.9 Å². The molecule has 7 nitrogen and oxygen atoms in total. The van der Waals surface area contributed by atoms with Gasteiger partial charge in [-0.3, -0.25) is 4.79 Å². The van der Waals surface area contributed by atoms with Gasteiger partial charge >= 0.3 is 0 Å². The number of para-hydroxylation sites is 1. The Labute approximate surface area is 153 Å². The number of aromatic nitrogens is 4. The molecule has 1 atom stereocenters. The van der Waals surface area contributed by atoms with E-state index in [1.165, 1.54) is 0 Å². The maximum atomic E-state index is 11.7. The van der Waals surface area contributed by atoms with Crippen molar-refractivity contribution in [2.45, 2.75) is 26.3 Å². The van der Waals surface area contributed by atoms with E-state index in [0.29, 0.717) is 23.8 Å². The Morgan fingerprint density at radius 3 is 2.81 bits per heavy atom. The minimum absolute atomic E-state index is 0.426. The minimum atomic E-state index is -0.526. The molecular formula is C18H18N6OS. The Morgan fingerprint density at radius 2 is 2.12 bits per heavy atom. The monoisotopic (exact) mass is 366 g/mol. The van der Waals surface area contributed by atoms with Crippen molar-refractivity contribution in [2.75, 3.05) is 5.32 Å². The summed E-state index contributed by atoms with van der Waals surface area (Å²) in [5.41, 5.74) is 7.95. The van der Waals surface area contributed by atoms with Crippen molar-refractivity contribution in [3.05, 3.63) is 40.6 Å². The minimum Gasteiger partial charge on any atom is -0.368 e. The molecule has 3 N–H and O–H groups in total. The van der Waals surface area contributed by atoms with Crippen LogP contribution >= 0.6 is 11.3 Å². The van der Waals surface area contributed by atoms with Crippen molar-refractivity contribution >= 4 is 39.7 Å². The van der Waals surface area contributed by atoms with Crippen molar-refractivity contribution in [2.24, 2.45) is 5.73 Å². The molecule has 0 unspecified atom stereocenters. The summed E-state index contributed by atoms with van der Waals surface area (Å²) in [5.74, 6) is 0.665. The lowest BCUT2D eigenvalue weighted by atomic mass is 10.2.